The summed E-state index contributed by atoms with van der Waals surface area (Å²) in [4.78, 5) is 26.4. The van der Waals surface area contributed by atoms with E-state index in [2.05, 4.69) is 0 Å². The molecule has 9 heteroatoms. The molecule has 1 N–H and O–H groups in total. The van der Waals surface area contributed by atoms with Crippen LogP contribution in [-0.2, 0) is 33.1 Å². The van der Waals surface area contributed by atoms with E-state index in [0.717, 1.165) is 17.4 Å². The summed E-state index contributed by atoms with van der Waals surface area (Å²) in [6, 6.07) is 9.54. The third-order valence-corrected chi connectivity index (χ3v) is 8.39. The molecule has 0 amide bonds. The molecule has 1 aromatic heterocycles. The van der Waals surface area contributed by atoms with E-state index in [1.54, 1.807) is 39.3 Å². The molecule has 0 spiro atoms. The fourth-order valence-electron chi connectivity index (χ4n) is 5.43. The monoisotopic (exact) mass is 552 g/mol. The number of rotatable bonds is 5. The first-order chi connectivity index (χ1) is 17.9. The minimum Gasteiger partial charge on any atom is -0.479 e. The number of aryl methyl sites for hydroxylation is 2. The minimum atomic E-state index is -3.80. The third-order valence-electron chi connectivity index (χ3n) is 7.28. The molecular weight excluding hydrogens is 516 g/mol. The van der Waals surface area contributed by atoms with Crippen LogP contribution in [-0.4, -0.2) is 35.9 Å². The molecule has 0 fully saturated rings. The van der Waals surface area contributed by atoms with Crippen molar-refractivity contribution >= 4 is 21.7 Å². The highest BCUT2D eigenvalue weighted by atomic mass is 32.2. The van der Waals surface area contributed by atoms with Crippen LogP contribution in [0.25, 0.3) is 22.3 Å². The van der Waals surface area contributed by atoms with Crippen molar-refractivity contribution in [3.63, 3.8) is 0 Å². The summed E-state index contributed by atoms with van der Waals surface area (Å²) >= 11 is 0. The second-order valence-corrected chi connectivity index (χ2v) is 13.3. The third kappa shape index (κ3) is 5.01. The van der Waals surface area contributed by atoms with Gasteiger partial charge >= 0.3 is 5.97 Å². The largest absolute Gasteiger partial charge is 0.479 e. The summed E-state index contributed by atoms with van der Waals surface area (Å²) in [6.07, 6.45) is -0.257. The molecule has 0 unspecified atom stereocenters. The Morgan fingerprint density at radius 2 is 1.59 bits per heavy atom. The standard InChI is InChI=1S/C30H36N2O6S/c1-16-10-12-20(13-11-16)22-18(3)23-25-21(14-17(2)31(8)28(25)33)15-32(39(9,36)37)26(23)19(4)24(22)27(29(34)35)38-30(5,6)7/h10-14,27H,15H2,1-9H3,(H,34,35)/t27-/m0/s1. The van der Waals surface area contributed by atoms with E-state index in [4.69, 9.17) is 4.74 Å². The Labute approximate surface area is 229 Å². The Kier molecular flexibility index (Phi) is 7.06. The van der Waals surface area contributed by atoms with E-state index in [0.29, 0.717) is 50.3 Å². The van der Waals surface area contributed by atoms with E-state index < -0.39 is 27.7 Å². The number of carbonyl (C=O) groups is 1. The number of ether oxygens (including phenoxy) is 1. The van der Waals surface area contributed by atoms with Crippen LogP contribution in [0.5, 0.6) is 0 Å². The lowest BCUT2D eigenvalue weighted by atomic mass is 9.80. The number of sulfonamides is 1. The van der Waals surface area contributed by atoms with Gasteiger partial charge in [0.2, 0.25) is 10.0 Å². The van der Waals surface area contributed by atoms with Crippen LogP contribution in [0.15, 0.2) is 35.1 Å². The number of aromatic nitrogens is 1. The van der Waals surface area contributed by atoms with Gasteiger partial charge in [0, 0.05) is 23.9 Å². The van der Waals surface area contributed by atoms with Crippen LogP contribution in [0.3, 0.4) is 0 Å². The van der Waals surface area contributed by atoms with Crippen molar-refractivity contribution in [2.24, 2.45) is 7.05 Å². The molecule has 0 saturated heterocycles. The number of aliphatic carboxylic acids is 1. The van der Waals surface area contributed by atoms with Crippen molar-refractivity contribution in [1.29, 1.82) is 0 Å². The van der Waals surface area contributed by atoms with Gasteiger partial charge in [-0.1, -0.05) is 29.8 Å². The average Bonchev–Trinajstić information content (AvgIpc) is 2.81. The molecule has 2 aromatic carbocycles. The van der Waals surface area contributed by atoms with Crippen molar-refractivity contribution in [2.45, 2.75) is 66.7 Å². The molecule has 0 radical (unpaired) electrons. The van der Waals surface area contributed by atoms with Gasteiger partial charge < -0.3 is 14.4 Å². The number of benzene rings is 2. The van der Waals surface area contributed by atoms with Gasteiger partial charge in [0.1, 0.15) is 0 Å². The summed E-state index contributed by atoms with van der Waals surface area (Å²) in [7, 11) is -2.11. The zero-order valence-electron chi connectivity index (χ0n) is 24.0. The molecule has 0 aliphatic carbocycles. The van der Waals surface area contributed by atoms with Gasteiger partial charge in [-0.05, 0) is 82.3 Å². The molecule has 1 atom stereocenters. The van der Waals surface area contributed by atoms with E-state index in [-0.39, 0.29) is 12.1 Å². The number of hydrogen-bond acceptors (Lipinski definition) is 5. The van der Waals surface area contributed by atoms with Gasteiger partial charge in [0.05, 0.1) is 29.7 Å². The lowest BCUT2D eigenvalue weighted by Gasteiger charge is -2.37. The van der Waals surface area contributed by atoms with Crippen LogP contribution >= 0.6 is 0 Å². The van der Waals surface area contributed by atoms with Crippen LogP contribution < -0.4 is 9.86 Å². The quantitative estimate of drug-likeness (QED) is 0.468. The lowest BCUT2D eigenvalue weighted by molar-refractivity contribution is -0.160. The number of carboxylic acids is 1. The molecular formula is C30H36N2O6S. The number of fused-ring (bicyclic) bond motifs is 3. The van der Waals surface area contributed by atoms with Gasteiger partial charge in [0.15, 0.2) is 6.10 Å². The second-order valence-electron chi connectivity index (χ2n) is 11.4. The molecule has 1 aliphatic heterocycles. The first-order valence-corrected chi connectivity index (χ1v) is 14.6. The molecule has 8 nitrogen and oxygen atoms in total. The smallest absolute Gasteiger partial charge is 0.337 e. The Hall–Kier alpha value is -3.43. The Morgan fingerprint density at radius 3 is 2.10 bits per heavy atom. The molecule has 3 aromatic rings. The number of pyridine rings is 1. The van der Waals surface area contributed by atoms with Crippen molar-refractivity contribution in [1.82, 2.24) is 4.57 Å². The van der Waals surface area contributed by atoms with Crippen LogP contribution in [0.1, 0.15) is 60.4 Å². The first kappa shape index (κ1) is 28.6. The number of nitrogens with zero attached hydrogens (tertiary/aromatic N) is 2. The molecule has 1 aliphatic rings. The molecule has 0 saturated carbocycles. The highest BCUT2D eigenvalue weighted by Crippen LogP contribution is 2.50. The maximum atomic E-state index is 13.7. The van der Waals surface area contributed by atoms with E-state index in [9.17, 15) is 23.1 Å². The highest BCUT2D eigenvalue weighted by Gasteiger charge is 2.39. The average molecular weight is 553 g/mol. The van der Waals surface area contributed by atoms with E-state index in [1.165, 1.54) is 4.31 Å². The lowest BCUT2D eigenvalue weighted by Crippen LogP contribution is -2.37. The molecule has 2 heterocycles. The number of anilines is 1. The maximum absolute atomic E-state index is 13.7. The van der Waals surface area contributed by atoms with Crippen molar-refractivity contribution < 1.29 is 23.1 Å². The summed E-state index contributed by atoms with van der Waals surface area (Å²) < 4.78 is 35.3. The normalized spacial score (nSPS) is 14.1. The summed E-state index contributed by atoms with van der Waals surface area (Å²) in [6.45, 7) is 12.6. The molecule has 0 bridgehead atoms. The predicted octanol–water partition coefficient (Wildman–Crippen LogP) is 5.17. The molecule has 4 rings (SSSR count). The van der Waals surface area contributed by atoms with Crippen LogP contribution in [0.2, 0.25) is 0 Å². The van der Waals surface area contributed by atoms with Gasteiger partial charge in [-0.25, -0.2) is 13.2 Å². The zero-order chi connectivity index (χ0) is 29.2. The molecule has 39 heavy (non-hydrogen) atoms. The van der Waals surface area contributed by atoms with Crippen LogP contribution in [0, 0.1) is 27.7 Å². The van der Waals surface area contributed by atoms with Gasteiger partial charge in [-0.3, -0.25) is 9.10 Å². The van der Waals surface area contributed by atoms with E-state index in [1.807, 2.05) is 51.1 Å². The Morgan fingerprint density at radius 1 is 1.00 bits per heavy atom. The summed E-state index contributed by atoms with van der Waals surface area (Å²) in [5, 5.41) is 10.4. The topological polar surface area (TPSA) is 106 Å². The van der Waals surface area contributed by atoms with E-state index >= 15 is 0 Å². The van der Waals surface area contributed by atoms with Crippen LogP contribution in [0.4, 0.5) is 5.69 Å². The number of hydrogen-bond donors (Lipinski definition) is 1. The molecule has 208 valence electrons. The predicted molar refractivity (Wildman–Crippen MR) is 154 cm³/mol. The fourth-order valence-corrected chi connectivity index (χ4v) is 6.36. The maximum Gasteiger partial charge on any atom is 0.337 e. The highest BCUT2D eigenvalue weighted by molar-refractivity contribution is 7.92. The first-order valence-electron chi connectivity index (χ1n) is 12.8. The number of carboxylic acid groups (broad SMARTS) is 1. The van der Waals surface area contributed by atoms with Gasteiger partial charge in [-0.15, -0.1) is 0 Å². The SMILES string of the molecule is Cc1ccc(-c2c(C)c3c(c(C)c2[C@H](OC(C)(C)C)C(=O)O)N(S(C)(=O)=O)Cc2cc(C)n(C)c(=O)c2-3)cc1. The van der Waals surface area contributed by atoms with Crippen molar-refractivity contribution in [3.05, 3.63) is 74.2 Å². The Balaban J connectivity index is 2.27. The second kappa shape index (κ2) is 9.64. The fraction of sp³-hybridized carbons (Fsp3) is 0.400. The minimum absolute atomic E-state index is 0.0282. The van der Waals surface area contributed by atoms with Gasteiger partial charge in [0.25, 0.3) is 5.56 Å². The van der Waals surface area contributed by atoms with Crippen molar-refractivity contribution in [3.8, 4) is 22.3 Å². The summed E-state index contributed by atoms with van der Waals surface area (Å²) in [5.74, 6) is -1.19. The van der Waals surface area contributed by atoms with Gasteiger partial charge in [-0.2, -0.15) is 0 Å². The Bertz CT molecular complexity index is 1660. The summed E-state index contributed by atoms with van der Waals surface area (Å²) in [5.41, 5.74) is 5.38. The zero-order valence-corrected chi connectivity index (χ0v) is 24.8. The van der Waals surface area contributed by atoms with Crippen molar-refractivity contribution in [2.75, 3.05) is 10.6 Å².